The smallest absolute Gasteiger partial charge is 0.284 e. The van der Waals surface area contributed by atoms with Gasteiger partial charge in [-0.15, -0.1) is 4.40 Å². The third-order valence-corrected chi connectivity index (χ3v) is 4.91. The molecule has 25 heavy (non-hydrogen) atoms. The number of non-ortho nitro benzene ring substituents is 1. The first-order valence-electron chi connectivity index (χ1n) is 7.78. The van der Waals surface area contributed by atoms with Gasteiger partial charge < -0.3 is 4.90 Å². The van der Waals surface area contributed by atoms with E-state index < -0.39 is 14.9 Å². The normalized spacial score (nSPS) is 12.0. The SMILES string of the molecule is CCN(CC)/C(=N\S(=O)(=O)c1ccccc1)c1cccc([N+](=O)[O-])c1. The quantitative estimate of drug-likeness (QED) is 0.341. The Kier molecular flexibility index (Phi) is 5.87. The minimum Gasteiger partial charge on any atom is -0.356 e. The molecule has 0 aromatic heterocycles. The van der Waals surface area contributed by atoms with E-state index in [1.54, 1.807) is 29.2 Å². The average molecular weight is 361 g/mol. The Hall–Kier alpha value is -2.74. The van der Waals surface area contributed by atoms with Crippen LogP contribution in [-0.2, 0) is 10.0 Å². The third kappa shape index (κ3) is 4.42. The predicted molar refractivity (Wildman–Crippen MR) is 96.2 cm³/mol. The lowest BCUT2D eigenvalue weighted by atomic mass is 10.1. The molecule has 0 heterocycles. The van der Waals surface area contributed by atoms with Gasteiger partial charge in [-0.05, 0) is 26.0 Å². The highest BCUT2D eigenvalue weighted by atomic mass is 32.2. The molecule has 0 saturated carbocycles. The lowest BCUT2D eigenvalue weighted by Gasteiger charge is -2.23. The van der Waals surface area contributed by atoms with Crippen molar-refractivity contribution in [2.75, 3.05) is 13.1 Å². The molecule has 0 N–H and O–H groups in total. The minimum atomic E-state index is -3.93. The summed E-state index contributed by atoms with van der Waals surface area (Å²) >= 11 is 0. The van der Waals surface area contributed by atoms with Gasteiger partial charge in [0.1, 0.15) is 5.84 Å². The summed E-state index contributed by atoms with van der Waals surface area (Å²) in [4.78, 5) is 12.3. The minimum absolute atomic E-state index is 0.0742. The monoisotopic (exact) mass is 361 g/mol. The predicted octanol–water partition coefficient (Wildman–Crippen LogP) is 3.07. The van der Waals surface area contributed by atoms with Crippen molar-refractivity contribution in [3.05, 3.63) is 70.3 Å². The van der Waals surface area contributed by atoms with Crippen LogP contribution < -0.4 is 0 Å². The molecular formula is C17H19N3O4S. The van der Waals surface area contributed by atoms with Crippen LogP contribution in [0.3, 0.4) is 0 Å². The Morgan fingerprint density at radius 1 is 1.08 bits per heavy atom. The second-order valence-electron chi connectivity index (χ2n) is 5.18. The van der Waals surface area contributed by atoms with Crippen LogP contribution in [0.2, 0.25) is 0 Å². The highest BCUT2D eigenvalue weighted by molar-refractivity contribution is 7.90. The van der Waals surface area contributed by atoms with E-state index in [9.17, 15) is 18.5 Å². The topological polar surface area (TPSA) is 92.9 Å². The summed E-state index contributed by atoms with van der Waals surface area (Å²) in [5.41, 5.74) is 0.270. The third-order valence-electron chi connectivity index (χ3n) is 3.63. The van der Waals surface area contributed by atoms with E-state index in [0.717, 1.165) is 0 Å². The fourth-order valence-electron chi connectivity index (χ4n) is 2.33. The standard InChI is InChI=1S/C17H19N3O4S/c1-3-19(4-2)17(14-9-8-10-15(13-14)20(21)22)18-25(23,24)16-11-6-5-7-12-16/h5-13H,3-4H2,1-2H3/b18-17-. The molecule has 0 aliphatic heterocycles. The van der Waals surface area contributed by atoms with Crippen LogP contribution in [0.25, 0.3) is 0 Å². The summed E-state index contributed by atoms with van der Waals surface area (Å²) in [6.45, 7) is 4.77. The molecule has 0 unspecified atom stereocenters. The van der Waals surface area contributed by atoms with Crippen LogP contribution in [0.1, 0.15) is 19.4 Å². The van der Waals surface area contributed by atoms with Crippen molar-refractivity contribution in [1.29, 1.82) is 0 Å². The maximum absolute atomic E-state index is 12.6. The van der Waals surface area contributed by atoms with Gasteiger partial charge in [-0.25, -0.2) is 0 Å². The second-order valence-corrected chi connectivity index (χ2v) is 6.79. The molecule has 0 radical (unpaired) electrons. The van der Waals surface area contributed by atoms with Crippen LogP contribution in [0, 0.1) is 10.1 Å². The van der Waals surface area contributed by atoms with Gasteiger partial charge in [0.2, 0.25) is 0 Å². The van der Waals surface area contributed by atoms with Gasteiger partial charge in [0.25, 0.3) is 15.7 Å². The lowest BCUT2D eigenvalue weighted by Crippen LogP contribution is -2.32. The molecule has 132 valence electrons. The van der Waals surface area contributed by atoms with Crippen molar-refractivity contribution in [3.8, 4) is 0 Å². The van der Waals surface area contributed by atoms with Crippen molar-refractivity contribution >= 4 is 21.5 Å². The number of benzene rings is 2. The summed E-state index contributed by atoms with van der Waals surface area (Å²) in [7, 11) is -3.93. The zero-order valence-corrected chi connectivity index (χ0v) is 14.8. The largest absolute Gasteiger partial charge is 0.356 e. The number of nitrogens with zero attached hydrogens (tertiary/aromatic N) is 3. The highest BCUT2D eigenvalue weighted by Crippen LogP contribution is 2.19. The Morgan fingerprint density at radius 2 is 1.72 bits per heavy atom. The Balaban J connectivity index is 2.61. The van der Waals surface area contributed by atoms with E-state index in [0.29, 0.717) is 18.7 Å². The van der Waals surface area contributed by atoms with Gasteiger partial charge in [-0.3, -0.25) is 10.1 Å². The molecule has 8 heteroatoms. The summed E-state index contributed by atoms with van der Waals surface area (Å²) in [5.74, 6) is 0.192. The zero-order chi connectivity index (χ0) is 18.4. The molecular weight excluding hydrogens is 342 g/mol. The first-order valence-corrected chi connectivity index (χ1v) is 9.22. The zero-order valence-electron chi connectivity index (χ0n) is 14.0. The van der Waals surface area contributed by atoms with Gasteiger partial charge in [0, 0.05) is 30.8 Å². The molecule has 0 spiro atoms. The first kappa shape index (κ1) is 18.6. The summed E-state index contributed by atoms with van der Waals surface area (Å²) in [6, 6.07) is 13.7. The van der Waals surface area contributed by atoms with Gasteiger partial charge in [-0.2, -0.15) is 8.42 Å². The van der Waals surface area contributed by atoms with Crippen molar-refractivity contribution < 1.29 is 13.3 Å². The van der Waals surface area contributed by atoms with Crippen LogP contribution in [-0.4, -0.2) is 37.2 Å². The van der Waals surface area contributed by atoms with Gasteiger partial charge in [-0.1, -0.05) is 30.3 Å². The highest BCUT2D eigenvalue weighted by Gasteiger charge is 2.20. The van der Waals surface area contributed by atoms with Crippen molar-refractivity contribution in [2.45, 2.75) is 18.7 Å². The molecule has 0 saturated heterocycles. The van der Waals surface area contributed by atoms with E-state index in [4.69, 9.17) is 0 Å². The van der Waals surface area contributed by atoms with Crippen LogP contribution in [0.4, 0.5) is 5.69 Å². The van der Waals surface area contributed by atoms with E-state index in [2.05, 4.69) is 4.40 Å². The maximum atomic E-state index is 12.6. The molecule has 0 fully saturated rings. The Morgan fingerprint density at radius 3 is 2.28 bits per heavy atom. The first-order chi connectivity index (χ1) is 11.9. The number of hydrogen-bond donors (Lipinski definition) is 0. The fraction of sp³-hybridized carbons (Fsp3) is 0.235. The van der Waals surface area contributed by atoms with E-state index >= 15 is 0 Å². The molecule has 0 aliphatic carbocycles. The number of amidine groups is 1. The maximum Gasteiger partial charge on any atom is 0.284 e. The molecule has 2 aromatic rings. The number of hydrogen-bond acceptors (Lipinski definition) is 4. The van der Waals surface area contributed by atoms with Crippen LogP contribution in [0.15, 0.2) is 63.9 Å². The molecule has 7 nitrogen and oxygen atoms in total. The molecule has 0 bridgehead atoms. The average Bonchev–Trinajstić information content (AvgIpc) is 2.62. The summed E-state index contributed by atoms with van der Waals surface area (Å²) < 4.78 is 29.2. The van der Waals surface area contributed by atoms with Gasteiger partial charge >= 0.3 is 0 Å². The molecule has 2 rings (SSSR count). The number of rotatable bonds is 6. The van der Waals surface area contributed by atoms with Crippen molar-refractivity contribution in [3.63, 3.8) is 0 Å². The summed E-state index contributed by atoms with van der Waals surface area (Å²) in [6.07, 6.45) is 0. The Bertz CT molecular complexity index is 876. The van der Waals surface area contributed by atoms with Crippen LogP contribution >= 0.6 is 0 Å². The van der Waals surface area contributed by atoms with E-state index in [-0.39, 0.29) is 16.4 Å². The number of nitro benzene ring substituents is 1. The van der Waals surface area contributed by atoms with Gasteiger partial charge in [0.15, 0.2) is 0 Å². The molecule has 0 atom stereocenters. The fourth-order valence-corrected chi connectivity index (χ4v) is 3.39. The van der Waals surface area contributed by atoms with Gasteiger partial charge in [0.05, 0.1) is 9.82 Å². The molecule has 2 aromatic carbocycles. The number of sulfonamides is 1. The van der Waals surface area contributed by atoms with Crippen molar-refractivity contribution in [1.82, 2.24) is 4.90 Å². The second kappa shape index (κ2) is 7.89. The van der Waals surface area contributed by atoms with E-state index in [1.807, 2.05) is 13.8 Å². The molecule has 0 aliphatic rings. The molecule has 0 amide bonds. The van der Waals surface area contributed by atoms with Crippen molar-refractivity contribution in [2.24, 2.45) is 4.40 Å². The Labute approximate surface area is 146 Å². The summed E-state index contributed by atoms with van der Waals surface area (Å²) in [5, 5.41) is 11.0. The van der Waals surface area contributed by atoms with Crippen LogP contribution in [0.5, 0.6) is 0 Å². The van der Waals surface area contributed by atoms with E-state index in [1.165, 1.54) is 30.3 Å². The lowest BCUT2D eigenvalue weighted by molar-refractivity contribution is -0.384. The number of nitro groups is 1.